The molecule has 2 nitrogen and oxygen atoms in total. The number of aryl methyl sites for hydroxylation is 1. The van der Waals surface area contributed by atoms with Gasteiger partial charge in [0.05, 0.1) is 23.1 Å². The molecule has 22 heavy (non-hydrogen) atoms. The quantitative estimate of drug-likeness (QED) is 0.727. The van der Waals surface area contributed by atoms with Crippen LogP contribution in [-0.4, -0.2) is 15.7 Å². The zero-order chi connectivity index (χ0) is 15.9. The van der Waals surface area contributed by atoms with Gasteiger partial charge in [-0.15, -0.1) is 0 Å². The highest BCUT2D eigenvalue weighted by Crippen LogP contribution is 2.12. The zero-order valence-corrected chi connectivity index (χ0v) is 14.3. The van der Waals surface area contributed by atoms with Gasteiger partial charge in [-0.05, 0) is 30.5 Å². The molecule has 0 fully saturated rings. The van der Waals surface area contributed by atoms with Crippen LogP contribution < -0.4 is 0 Å². The van der Waals surface area contributed by atoms with Crippen LogP contribution in [0, 0.1) is 12.8 Å². The Kier molecular flexibility index (Phi) is 6.08. The molecule has 0 spiro atoms. The molecule has 116 valence electrons. The molecule has 2 aromatic rings. The van der Waals surface area contributed by atoms with E-state index in [2.05, 4.69) is 26.0 Å². The molecule has 1 unspecified atom stereocenters. The van der Waals surface area contributed by atoms with Gasteiger partial charge in [-0.1, -0.05) is 61.9 Å². The van der Waals surface area contributed by atoms with Crippen LogP contribution in [0.25, 0.3) is 0 Å². The van der Waals surface area contributed by atoms with Crippen LogP contribution in [0.4, 0.5) is 0 Å². The summed E-state index contributed by atoms with van der Waals surface area (Å²) >= 11 is 0. The molecule has 0 saturated carbocycles. The predicted molar refractivity (Wildman–Crippen MR) is 94.9 cm³/mol. The first-order valence-corrected chi connectivity index (χ1v) is 8.90. The van der Waals surface area contributed by atoms with Crippen LogP contribution in [0.15, 0.2) is 64.5 Å². The average Bonchev–Trinajstić information content (AvgIpc) is 2.52. The minimum atomic E-state index is -1.03. The maximum absolute atomic E-state index is 12.5. The van der Waals surface area contributed by atoms with E-state index in [1.54, 1.807) is 0 Å². The van der Waals surface area contributed by atoms with Crippen LogP contribution in [-0.2, 0) is 17.3 Å². The number of rotatable bonds is 6. The highest BCUT2D eigenvalue weighted by molar-refractivity contribution is 7.85. The van der Waals surface area contributed by atoms with E-state index >= 15 is 0 Å². The van der Waals surface area contributed by atoms with E-state index in [1.165, 1.54) is 11.1 Å². The third-order valence-electron chi connectivity index (χ3n) is 3.54. The Balaban J connectivity index is 2.08. The first kappa shape index (κ1) is 16.6. The van der Waals surface area contributed by atoms with Gasteiger partial charge in [0.2, 0.25) is 0 Å². The van der Waals surface area contributed by atoms with E-state index in [4.69, 9.17) is 4.99 Å². The molecule has 0 bridgehead atoms. The lowest BCUT2D eigenvalue weighted by Gasteiger charge is -2.11. The zero-order valence-electron chi connectivity index (χ0n) is 13.5. The molecule has 0 radical (unpaired) electrons. The maximum atomic E-state index is 12.5. The molecule has 0 aliphatic heterocycles. The Hall–Kier alpha value is -1.74. The molecule has 2 rings (SSSR count). The van der Waals surface area contributed by atoms with Crippen LogP contribution in [0.3, 0.4) is 0 Å². The van der Waals surface area contributed by atoms with Gasteiger partial charge in [-0.3, -0.25) is 9.20 Å². The number of hydrogen-bond acceptors (Lipinski definition) is 2. The van der Waals surface area contributed by atoms with Gasteiger partial charge >= 0.3 is 0 Å². The maximum Gasteiger partial charge on any atom is 0.0664 e. The van der Waals surface area contributed by atoms with Gasteiger partial charge in [-0.25, -0.2) is 0 Å². The summed E-state index contributed by atoms with van der Waals surface area (Å²) in [6, 6.07) is 18.1. The summed E-state index contributed by atoms with van der Waals surface area (Å²) in [5.74, 6) is 0.811. The molecular weight excluding hydrogens is 290 g/mol. The smallest absolute Gasteiger partial charge is 0.0664 e. The Morgan fingerprint density at radius 1 is 1.05 bits per heavy atom. The fourth-order valence-electron chi connectivity index (χ4n) is 2.08. The number of aliphatic imine (C=N–C) groups is 1. The van der Waals surface area contributed by atoms with Gasteiger partial charge in [0.25, 0.3) is 0 Å². The van der Waals surface area contributed by atoms with E-state index in [0.29, 0.717) is 18.2 Å². The summed E-state index contributed by atoms with van der Waals surface area (Å²) in [6.07, 6.45) is 0. The molecular formula is C19H23NOS. The topological polar surface area (TPSA) is 29.4 Å². The Morgan fingerprint density at radius 2 is 1.68 bits per heavy atom. The molecule has 0 saturated heterocycles. The molecule has 1 atom stereocenters. The molecule has 0 heterocycles. The molecule has 0 N–H and O–H groups in total. The molecule has 0 amide bonds. The van der Waals surface area contributed by atoms with Gasteiger partial charge in [0, 0.05) is 10.6 Å². The minimum absolute atomic E-state index is 0.304. The van der Waals surface area contributed by atoms with Gasteiger partial charge < -0.3 is 0 Å². The van der Waals surface area contributed by atoms with Gasteiger partial charge in [-0.2, -0.15) is 0 Å². The highest BCUT2D eigenvalue weighted by atomic mass is 32.2. The summed E-state index contributed by atoms with van der Waals surface area (Å²) in [7, 11) is -1.03. The number of nitrogens with zero attached hydrogens (tertiary/aromatic N) is 1. The first-order valence-electron chi connectivity index (χ1n) is 7.58. The second kappa shape index (κ2) is 8.04. The lowest BCUT2D eigenvalue weighted by Crippen LogP contribution is -2.17. The van der Waals surface area contributed by atoms with Crippen molar-refractivity contribution in [2.45, 2.75) is 32.2 Å². The second-order valence-electron chi connectivity index (χ2n) is 5.75. The molecule has 3 heteroatoms. The lowest BCUT2D eigenvalue weighted by atomic mass is 10.1. The molecule has 0 aliphatic rings. The summed E-state index contributed by atoms with van der Waals surface area (Å²) in [6.45, 7) is 6.90. The SMILES string of the molecule is Cc1ccc(S(=O)CC(=NCc2ccccc2)C(C)C)cc1. The fraction of sp³-hybridized carbons (Fsp3) is 0.316. The fourth-order valence-corrected chi connectivity index (χ4v) is 3.38. The summed E-state index contributed by atoms with van der Waals surface area (Å²) in [5, 5.41) is 0. The summed E-state index contributed by atoms with van der Waals surface area (Å²) < 4.78 is 12.5. The summed E-state index contributed by atoms with van der Waals surface area (Å²) in [5.41, 5.74) is 3.38. The Morgan fingerprint density at radius 3 is 2.27 bits per heavy atom. The van der Waals surface area contributed by atoms with Gasteiger partial charge in [0.15, 0.2) is 0 Å². The third-order valence-corrected chi connectivity index (χ3v) is 4.89. The van der Waals surface area contributed by atoms with Crippen LogP contribution >= 0.6 is 0 Å². The number of hydrogen-bond donors (Lipinski definition) is 0. The van der Waals surface area contributed by atoms with Crippen molar-refractivity contribution in [2.24, 2.45) is 10.9 Å². The van der Waals surface area contributed by atoms with Crippen LogP contribution in [0.2, 0.25) is 0 Å². The normalized spacial score (nSPS) is 13.4. The Bertz CT molecular complexity index is 645. The van der Waals surface area contributed by atoms with Crippen molar-refractivity contribution in [3.63, 3.8) is 0 Å². The van der Waals surface area contributed by atoms with Crippen molar-refractivity contribution in [3.8, 4) is 0 Å². The number of benzene rings is 2. The minimum Gasteiger partial charge on any atom is -0.288 e. The largest absolute Gasteiger partial charge is 0.288 e. The lowest BCUT2D eigenvalue weighted by molar-refractivity contribution is 0.684. The van der Waals surface area contributed by atoms with Crippen molar-refractivity contribution in [3.05, 3.63) is 65.7 Å². The van der Waals surface area contributed by atoms with Crippen molar-refractivity contribution >= 4 is 16.5 Å². The molecule has 0 aliphatic carbocycles. The van der Waals surface area contributed by atoms with Gasteiger partial charge in [0.1, 0.15) is 0 Å². The second-order valence-corrected chi connectivity index (χ2v) is 7.20. The van der Waals surface area contributed by atoms with E-state index in [1.807, 2.05) is 49.4 Å². The van der Waals surface area contributed by atoms with E-state index in [-0.39, 0.29) is 0 Å². The first-order chi connectivity index (χ1) is 10.6. The van der Waals surface area contributed by atoms with Crippen LogP contribution in [0.5, 0.6) is 0 Å². The van der Waals surface area contributed by atoms with Crippen molar-refractivity contribution in [2.75, 3.05) is 5.75 Å². The average molecular weight is 313 g/mol. The monoisotopic (exact) mass is 313 g/mol. The Labute approximate surface area is 135 Å². The molecule has 2 aromatic carbocycles. The standard InChI is InChI=1S/C19H23NOS/c1-15(2)19(20-13-17-7-5-4-6-8-17)14-22(21)18-11-9-16(3)10-12-18/h4-12,15H,13-14H2,1-3H3. The van der Waals surface area contributed by atoms with Crippen molar-refractivity contribution < 1.29 is 4.21 Å². The van der Waals surface area contributed by atoms with E-state index in [0.717, 1.165) is 10.6 Å². The predicted octanol–water partition coefficient (Wildman–Crippen LogP) is 4.40. The van der Waals surface area contributed by atoms with Crippen molar-refractivity contribution in [1.29, 1.82) is 0 Å². The summed E-state index contributed by atoms with van der Waals surface area (Å²) in [4.78, 5) is 5.57. The molecule has 0 aromatic heterocycles. The third kappa shape index (κ3) is 4.92. The van der Waals surface area contributed by atoms with E-state index in [9.17, 15) is 4.21 Å². The highest BCUT2D eigenvalue weighted by Gasteiger charge is 2.11. The van der Waals surface area contributed by atoms with Crippen molar-refractivity contribution in [1.82, 2.24) is 0 Å². The van der Waals surface area contributed by atoms with E-state index < -0.39 is 10.8 Å². The van der Waals surface area contributed by atoms with Crippen LogP contribution in [0.1, 0.15) is 25.0 Å².